The first kappa shape index (κ1) is 12.2. The summed E-state index contributed by atoms with van der Waals surface area (Å²) in [7, 11) is 3.25. The molecule has 0 saturated carbocycles. The summed E-state index contributed by atoms with van der Waals surface area (Å²) in [4.78, 5) is 10.6. The molecule has 0 radical (unpaired) electrons. The highest BCUT2D eigenvalue weighted by Crippen LogP contribution is 2.29. The summed E-state index contributed by atoms with van der Waals surface area (Å²) >= 11 is 3.38. The second-order valence-electron chi connectivity index (χ2n) is 3.23. The van der Waals surface area contributed by atoms with Gasteiger partial charge in [0, 0.05) is 14.2 Å². The van der Waals surface area contributed by atoms with Crippen molar-refractivity contribution in [2.24, 2.45) is 7.05 Å². The first-order valence-electron chi connectivity index (χ1n) is 4.41. The average molecular weight is 277 g/mol. The molecule has 1 rings (SSSR count). The summed E-state index contributed by atoms with van der Waals surface area (Å²) in [5.74, 6) is -0.896. The zero-order valence-electron chi connectivity index (χ0n) is 8.82. The Kier molecular flexibility index (Phi) is 3.87. The maximum Gasteiger partial charge on any atom is 0.306 e. The minimum absolute atomic E-state index is 0.0753. The number of halogens is 1. The number of aliphatic carboxylic acids is 1. The molecule has 5 nitrogen and oxygen atoms in total. The van der Waals surface area contributed by atoms with Gasteiger partial charge in [0.15, 0.2) is 0 Å². The number of carboxylic acid groups (broad SMARTS) is 1. The number of hydrogen-bond donors (Lipinski definition) is 1. The molecule has 0 aliphatic rings. The van der Waals surface area contributed by atoms with Gasteiger partial charge < -0.3 is 9.84 Å². The van der Waals surface area contributed by atoms with Crippen LogP contribution in [0.25, 0.3) is 0 Å². The van der Waals surface area contributed by atoms with Crippen LogP contribution in [0.2, 0.25) is 0 Å². The van der Waals surface area contributed by atoms with E-state index in [4.69, 9.17) is 9.84 Å². The van der Waals surface area contributed by atoms with Crippen LogP contribution in [-0.2, 0) is 16.6 Å². The number of rotatable bonds is 4. The highest BCUT2D eigenvalue weighted by Gasteiger charge is 2.22. The van der Waals surface area contributed by atoms with Crippen molar-refractivity contribution in [3.63, 3.8) is 0 Å². The van der Waals surface area contributed by atoms with Gasteiger partial charge in [-0.15, -0.1) is 0 Å². The van der Waals surface area contributed by atoms with Gasteiger partial charge in [0.25, 0.3) is 0 Å². The van der Waals surface area contributed by atoms with Gasteiger partial charge in [0.1, 0.15) is 6.10 Å². The van der Waals surface area contributed by atoms with Gasteiger partial charge in [0.05, 0.1) is 22.3 Å². The van der Waals surface area contributed by atoms with Crippen LogP contribution < -0.4 is 0 Å². The van der Waals surface area contributed by atoms with Crippen molar-refractivity contribution in [1.82, 2.24) is 9.78 Å². The van der Waals surface area contributed by atoms with E-state index in [-0.39, 0.29) is 6.42 Å². The molecule has 1 unspecified atom stereocenters. The van der Waals surface area contributed by atoms with E-state index in [1.807, 2.05) is 6.92 Å². The summed E-state index contributed by atoms with van der Waals surface area (Å²) in [6.07, 6.45) is -0.559. The van der Waals surface area contributed by atoms with Gasteiger partial charge in [-0.1, -0.05) is 0 Å². The number of aryl methyl sites for hydroxylation is 2. The predicted molar refractivity (Wildman–Crippen MR) is 57.6 cm³/mol. The first-order chi connectivity index (χ1) is 6.97. The minimum atomic E-state index is -0.896. The van der Waals surface area contributed by atoms with Crippen LogP contribution in [0.4, 0.5) is 0 Å². The Labute approximate surface area is 96.2 Å². The molecule has 0 fully saturated rings. The van der Waals surface area contributed by atoms with E-state index < -0.39 is 12.1 Å². The van der Waals surface area contributed by atoms with Crippen LogP contribution in [0.15, 0.2) is 4.47 Å². The molecule has 1 aromatic rings. The third-order valence-corrected chi connectivity index (χ3v) is 3.12. The molecule has 0 bridgehead atoms. The predicted octanol–water partition coefficient (Wildman–Crippen LogP) is 1.65. The summed E-state index contributed by atoms with van der Waals surface area (Å²) in [6.45, 7) is 1.85. The molecule has 6 heteroatoms. The minimum Gasteiger partial charge on any atom is -0.481 e. The lowest BCUT2D eigenvalue weighted by atomic mass is 10.2. The standard InChI is InChI=1S/C9H13BrN2O3/c1-5-8(10)9(12(2)11-5)6(15-3)4-7(13)14/h6H,4H2,1-3H3,(H,13,14). The molecule has 84 valence electrons. The highest BCUT2D eigenvalue weighted by atomic mass is 79.9. The average Bonchev–Trinajstić information content (AvgIpc) is 2.38. The van der Waals surface area contributed by atoms with Gasteiger partial charge >= 0.3 is 5.97 Å². The lowest BCUT2D eigenvalue weighted by molar-refractivity contribution is -0.140. The van der Waals surface area contributed by atoms with Gasteiger partial charge in [-0.2, -0.15) is 5.10 Å². The molecular weight excluding hydrogens is 264 g/mol. The molecule has 1 aromatic heterocycles. The normalized spacial score (nSPS) is 12.8. The maximum absolute atomic E-state index is 10.6. The SMILES string of the molecule is COC(CC(=O)O)c1c(Br)c(C)nn1C. The van der Waals surface area contributed by atoms with Gasteiger partial charge in [-0.25, -0.2) is 0 Å². The fourth-order valence-electron chi connectivity index (χ4n) is 1.45. The largest absolute Gasteiger partial charge is 0.481 e. The first-order valence-corrected chi connectivity index (χ1v) is 5.20. The van der Waals surface area contributed by atoms with Crippen molar-refractivity contribution in [1.29, 1.82) is 0 Å². The maximum atomic E-state index is 10.6. The monoisotopic (exact) mass is 276 g/mol. The number of carbonyl (C=O) groups is 1. The molecular formula is C9H13BrN2O3. The smallest absolute Gasteiger partial charge is 0.306 e. The van der Waals surface area contributed by atoms with Crippen LogP contribution in [0.3, 0.4) is 0 Å². The van der Waals surface area contributed by atoms with Crippen LogP contribution >= 0.6 is 15.9 Å². The van der Waals surface area contributed by atoms with E-state index in [2.05, 4.69) is 21.0 Å². The fraction of sp³-hybridized carbons (Fsp3) is 0.556. The van der Waals surface area contributed by atoms with E-state index in [1.165, 1.54) is 7.11 Å². The second-order valence-corrected chi connectivity index (χ2v) is 4.02. The lowest BCUT2D eigenvalue weighted by Crippen LogP contribution is -2.12. The van der Waals surface area contributed by atoms with E-state index >= 15 is 0 Å². The molecule has 0 aliphatic carbocycles. The van der Waals surface area contributed by atoms with Gasteiger partial charge in [-0.05, 0) is 22.9 Å². The van der Waals surface area contributed by atoms with Crippen molar-refractivity contribution < 1.29 is 14.6 Å². The van der Waals surface area contributed by atoms with Crippen molar-refractivity contribution in [3.8, 4) is 0 Å². The Bertz CT molecular complexity index is 376. The summed E-state index contributed by atoms with van der Waals surface area (Å²) in [5.41, 5.74) is 1.57. The van der Waals surface area contributed by atoms with Gasteiger partial charge in [-0.3, -0.25) is 9.48 Å². The second kappa shape index (κ2) is 4.76. The molecule has 1 N–H and O–H groups in total. The molecule has 0 spiro atoms. The Morgan fingerprint density at radius 2 is 2.33 bits per heavy atom. The lowest BCUT2D eigenvalue weighted by Gasteiger charge is -2.13. The number of carboxylic acids is 1. The fourth-order valence-corrected chi connectivity index (χ4v) is 2.04. The molecule has 0 aromatic carbocycles. The van der Waals surface area contributed by atoms with Crippen molar-refractivity contribution in [2.75, 3.05) is 7.11 Å². The quantitative estimate of drug-likeness (QED) is 0.908. The third kappa shape index (κ3) is 2.57. The molecule has 15 heavy (non-hydrogen) atoms. The number of hydrogen-bond acceptors (Lipinski definition) is 3. The molecule has 1 atom stereocenters. The van der Waals surface area contributed by atoms with E-state index in [0.717, 1.165) is 15.9 Å². The number of aromatic nitrogens is 2. The number of methoxy groups -OCH3 is 1. The van der Waals surface area contributed by atoms with E-state index in [1.54, 1.807) is 11.7 Å². The Morgan fingerprint density at radius 3 is 2.67 bits per heavy atom. The molecule has 1 heterocycles. The highest BCUT2D eigenvalue weighted by molar-refractivity contribution is 9.10. The van der Waals surface area contributed by atoms with Crippen LogP contribution in [-0.4, -0.2) is 28.0 Å². The van der Waals surface area contributed by atoms with Crippen LogP contribution in [0.5, 0.6) is 0 Å². The molecule has 0 saturated heterocycles. The molecule has 0 amide bonds. The Morgan fingerprint density at radius 1 is 1.73 bits per heavy atom. The zero-order chi connectivity index (χ0) is 11.6. The number of nitrogens with zero attached hydrogens (tertiary/aromatic N) is 2. The van der Waals surface area contributed by atoms with Crippen molar-refractivity contribution in [3.05, 3.63) is 15.9 Å². The van der Waals surface area contributed by atoms with E-state index in [0.29, 0.717) is 0 Å². The van der Waals surface area contributed by atoms with Gasteiger partial charge in [0.2, 0.25) is 0 Å². The summed E-state index contributed by atoms with van der Waals surface area (Å²) < 4.78 is 7.59. The van der Waals surface area contributed by atoms with Crippen molar-refractivity contribution in [2.45, 2.75) is 19.4 Å². The van der Waals surface area contributed by atoms with Crippen LogP contribution in [0.1, 0.15) is 23.9 Å². The summed E-state index contributed by atoms with van der Waals surface area (Å²) in [6, 6.07) is 0. The third-order valence-electron chi connectivity index (χ3n) is 2.14. The van der Waals surface area contributed by atoms with Crippen LogP contribution in [0, 0.1) is 6.92 Å². The Balaban J connectivity index is 3.06. The molecule has 0 aliphatic heterocycles. The topological polar surface area (TPSA) is 64.3 Å². The number of ether oxygens (including phenoxy) is 1. The van der Waals surface area contributed by atoms with E-state index in [9.17, 15) is 4.79 Å². The Hall–Kier alpha value is -0.880. The summed E-state index contributed by atoms with van der Waals surface area (Å²) in [5, 5.41) is 12.9. The zero-order valence-corrected chi connectivity index (χ0v) is 10.4. The van der Waals surface area contributed by atoms with Crippen molar-refractivity contribution >= 4 is 21.9 Å².